The number of nitrogens with one attached hydrogen (secondary N) is 2. The highest BCUT2D eigenvalue weighted by atomic mass is 16.1. The zero-order chi connectivity index (χ0) is 7.72. The average molecular weight is 143 g/mol. The van der Waals surface area contributed by atoms with Crippen LogP contribution in [-0.2, 0) is 0 Å². The quantitative estimate of drug-likeness (QED) is 0.314. The van der Waals surface area contributed by atoms with Gasteiger partial charge in [0.1, 0.15) is 0 Å². The second-order valence-electron chi connectivity index (χ2n) is 1.89. The molecule has 0 radical (unpaired) electrons. The summed E-state index contributed by atoms with van der Waals surface area (Å²) in [5.74, 6) is 0.491. The van der Waals surface area contributed by atoms with Crippen LogP contribution in [0.15, 0.2) is 4.79 Å². The topological polar surface area (TPSA) is 127 Å². The fourth-order valence-corrected chi connectivity index (χ4v) is 0.588. The van der Waals surface area contributed by atoms with E-state index in [4.69, 9.17) is 11.5 Å². The molecule has 0 unspecified atom stereocenters. The monoisotopic (exact) mass is 143 g/mol. The molecule has 6 nitrogen and oxygen atoms in total. The minimum Gasteiger partial charge on any atom is -0.388 e. The largest absolute Gasteiger partial charge is 0.396 e. The van der Waals surface area contributed by atoms with Crippen LogP contribution in [0.4, 0.5) is 17.5 Å². The number of hydrogen-bond donors (Lipinski definition) is 4. The molecule has 0 saturated heterocycles. The van der Waals surface area contributed by atoms with Crippen molar-refractivity contribution in [3.05, 3.63) is 10.4 Å². The molecule has 0 fully saturated rings. The van der Waals surface area contributed by atoms with Crippen LogP contribution < -0.4 is 27.7 Å². The Balaban J connectivity index is 3.46. The maximum Gasteiger partial charge on any atom is 0.396 e. The standard InChI is InChI=1S/C4H7N5O/c5-1-2(6)8-4(7)9-3(1)10/h5H2,(H5,6,7,8,9,10)/p+2. The Kier molecular flexibility index (Phi) is 1.31. The Morgan fingerprint density at radius 2 is 2.10 bits per heavy atom. The molecule has 0 saturated carbocycles. The van der Waals surface area contributed by atoms with Gasteiger partial charge in [0.25, 0.3) is 5.82 Å². The van der Waals surface area contributed by atoms with Gasteiger partial charge in [-0.05, 0) is 0 Å². The molecule has 1 heterocycles. The van der Waals surface area contributed by atoms with Crippen molar-refractivity contribution in [2.45, 2.75) is 0 Å². The van der Waals surface area contributed by atoms with Crippen LogP contribution in [0.2, 0.25) is 0 Å². The predicted molar refractivity (Wildman–Crippen MR) is 35.0 cm³/mol. The zero-order valence-electron chi connectivity index (χ0n) is 5.27. The molecule has 0 amide bonds. The molecule has 0 aliphatic carbocycles. The van der Waals surface area contributed by atoms with E-state index in [9.17, 15) is 4.79 Å². The Hall–Kier alpha value is -1.56. The highest BCUT2D eigenvalue weighted by Crippen LogP contribution is 1.96. The van der Waals surface area contributed by atoms with Crippen LogP contribution in [0.25, 0.3) is 0 Å². The summed E-state index contributed by atoms with van der Waals surface area (Å²) >= 11 is 0. The number of aromatic amines is 2. The number of quaternary nitrogens is 1. The third-order valence-electron chi connectivity index (χ3n) is 1.08. The molecule has 0 aliphatic heterocycles. The molecule has 10 heavy (non-hydrogen) atoms. The first kappa shape index (κ1) is 6.56. The maximum atomic E-state index is 10.7. The second-order valence-corrected chi connectivity index (χ2v) is 1.89. The van der Waals surface area contributed by atoms with E-state index in [0.29, 0.717) is 5.95 Å². The van der Waals surface area contributed by atoms with Gasteiger partial charge in [-0.3, -0.25) is 5.73 Å². The summed E-state index contributed by atoms with van der Waals surface area (Å²) < 4.78 is 0. The van der Waals surface area contributed by atoms with E-state index >= 15 is 0 Å². The first-order valence-corrected chi connectivity index (χ1v) is 2.64. The van der Waals surface area contributed by atoms with E-state index in [2.05, 4.69) is 15.7 Å². The highest BCUT2D eigenvalue weighted by Gasteiger charge is 2.08. The average Bonchev–Trinajstić information content (AvgIpc) is 1.82. The smallest absolute Gasteiger partial charge is 0.388 e. The van der Waals surface area contributed by atoms with E-state index in [-0.39, 0.29) is 11.5 Å². The van der Waals surface area contributed by atoms with Crippen LogP contribution in [0.3, 0.4) is 0 Å². The lowest BCUT2D eigenvalue weighted by molar-refractivity contribution is -0.473. The number of nitrogen functional groups attached to an aromatic ring is 2. The van der Waals surface area contributed by atoms with Gasteiger partial charge in [-0.1, -0.05) is 0 Å². The predicted octanol–water partition coefficient (Wildman–Crippen LogP) is -2.77. The summed E-state index contributed by atoms with van der Waals surface area (Å²) in [5, 5.41) is 0. The Bertz CT molecular complexity index is 303. The van der Waals surface area contributed by atoms with Gasteiger partial charge in [0.2, 0.25) is 0 Å². The van der Waals surface area contributed by atoms with Gasteiger partial charge in [0, 0.05) is 0 Å². The number of hydrogen-bond acceptors (Lipinski definition) is 3. The number of anilines is 2. The summed E-state index contributed by atoms with van der Waals surface area (Å²) in [5.41, 5.74) is 13.5. The first-order chi connectivity index (χ1) is 4.61. The van der Waals surface area contributed by atoms with E-state index in [0.717, 1.165) is 0 Å². The summed E-state index contributed by atoms with van der Waals surface area (Å²) in [4.78, 5) is 15.7. The maximum absolute atomic E-state index is 10.7. The summed E-state index contributed by atoms with van der Waals surface area (Å²) in [6.45, 7) is 0. The summed E-state index contributed by atoms with van der Waals surface area (Å²) in [6, 6.07) is 0. The van der Waals surface area contributed by atoms with Gasteiger partial charge >= 0.3 is 11.5 Å². The molecule has 0 atom stereocenters. The molecule has 54 valence electrons. The molecule has 9 N–H and O–H groups in total. The molecular weight excluding hydrogens is 134 g/mol. The van der Waals surface area contributed by atoms with Gasteiger partial charge in [0.15, 0.2) is 5.69 Å². The van der Waals surface area contributed by atoms with Crippen molar-refractivity contribution in [1.29, 1.82) is 0 Å². The van der Waals surface area contributed by atoms with E-state index in [1.165, 1.54) is 0 Å². The number of aromatic nitrogens is 2. The number of rotatable bonds is 0. The zero-order valence-corrected chi connectivity index (χ0v) is 5.27. The lowest BCUT2D eigenvalue weighted by Gasteiger charge is -1.89. The summed E-state index contributed by atoms with van der Waals surface area (Å²) in [6.07, 6.45) is 0. The molecule has 6 heteroatoms. The van der Waals surface area contributed by atoms with Gasteiger partial charge in [-0.25, -0.2) is 4.79 Å². The van der Waals surface area contributed by atoms with Crippen LogP contribution in [0.1, 0.15) is 0 Å². The molecule has 0 bridgehead atoms. The molecule has 0 aromatic carbocycles. The van der Waals surface area contributed by atoms with E-state index in [1.807, 2.05) is 0 Å². The van der Waals surface area contributed by atoms with Gasteiger partial charge in [-0.15, -0.1) is 0 Å². The van der Waals surface area contributed by atoms with Gasteiger partial charge in [-0.2, -0.15) is 9.97 Å². The van der Waals surface area contributed by atoms with Crippen molar-refractivity contribution in [3.8, 4) is 0 Å². The second kappa shape index (κ2) is 1.99. The molecule has 1 rings (SSSR count). The fourth-order valence-electron chi connectivity index (χ4n) is 0.588. The van der Waals surface area contributed by atoms with Crippen molar-refractivity contribution in [1.82, 2.24) is 4.98 Å². The van der Waals surface area contributed by atoms with Crippen molar-refractivity contribution >= 4 is 17.5 Å². The number of nitrogens with two attached hydrogens (primary N) is 2. The minimum absolute atomic E-state index is 0.00704. The van der Waals surface area contributed by atoms with Gasteiger partial charge in [0.05, 0.1) is 0 Å². The minimum atomic E-state index is -0.416. The molecule has 1 aromatic heterocycles. The third-order valence-corrected chi connectivity index (χ3v) is 1.08. The Labute approximate surface area is 56.1 Å². The normalized spacial score (nSPS) is 9.70. The summed E-state index contributed by atoms with van der Waals surface area (Å²) in [7, 11) is 0. The SMILES string of the molecule is Nc1[nH+]c([NH3+])[nH]c(=O)c1N. The first-order valence-electron chi connectivity index (χ1n) is 2.64. The van der Waals surface area contributed by atoms with Crippen LogP contribution in [-0.4, -0.2) is 4.98 Å². The molecule has 0 aliphatic rings. The van der Waals surface area contributed by atoms with Gasteiger partial charge < -0.3 is 11.5 Å². The van der Waals surface area contributed by atoms with Crippen LogP contribution in [0, 0.1) is 0 Å². The Morgan fingerprint density at radius 1 is 1.50 bits per heavy atom. The van der Waals surface area contributed by atoms with Crippen molar-refractivity contribution in [3.63, 3.8) is 0 Å². The third kappa shape index (κ3) is 0.914. The van der Waals surface area contributed by atoms with Crippen LogP contribution >= 0.6 is 0 Å². The molecule has 0 spiro atoms. The highest BCUT2D eigenvalue weighted by molar-refractivity contribution is 5.52. The lowest BCUT2D eigenvalue weighted by atomic mass is 10.5. The number of H-pyrrole nitrogens is 2. The van der Waals surface area contributed by atoms with Crippen molar-refractivity contribution < 1.29 is 10.7 Å². The van der Waals surface area contributed by atoms with Crippen molar-refractivity contribution in [2.24, 2.45) is 0 Å². The lowest BCUT2D eigenvalue weighted by Crippen LogP contribution is -2.50. The molecule has 1 aromatic rings. The van der Waals surface area contributed by atoms with Crippen LogP contribution in [0.5, 0.6) is 0 Å². The van der Waals surface area contributed by atoms with Crippen molar-refractivity contribution in [2.75, 3.05) is 11.5 Å². The Morgan fingerprint density at radius 3 is 2.60 bits per heavy atom. The fraction of sp³-hybridized carbons (Fsp3) is 0. The van der Waals surface area contributed by atoms with E-state index < -0.39 is 5.56 Å². The van der Waals surface area contributed by atoms with E-state index in [1.54, 1.807) is 0 Å². The molecular formula is C4H9N5O+2.